The van der Waals surface area contributed by atoms with E-state index in [2.05, 4.69) is 10.3 Å². The molecule has 1 aliphatic heterocycles. The quantitative estimate of drug-likeness (QED) is 0.705. The number of carbonyl (C=O) groups excluding carboxylic acids is 3. The fraction of sp³-hybridized carbons (Fsp3) is 0.455. The first-order valence-corrected chi connectivity index (χ1v) is 11.0. The Bertz CT molecular complexity index is 966. The lowest BCUT2D eigenvalue weighted by Crippen LogP contribution is -2.47. The summed E-state index contributed by atoms with van der Waals surface area (Å²) in [5, 5.41) is 4.85. The Morgan fingerprint density at radius 3 is 2.71 bits per heavy atom. The molecule has 0 bridgehead atoms. The third-order valence-electron chi connectivity index (χ3n) is 4.57. The predicted molar refractivity (Wildman–Crippen MR) is 117 cm³/mol. The lowest BCUT2D eigenvalue weighted by Gasteiger charge is -2.37. The van der Waals surface area contributed by atoms with Crippen molar-refractivity contribution in [1.82, 2.24) is 9.88 Å². The summed E-state index contributed by atoms with van der Waals surface area (Å²) >= 11 is 1.22. The van der Waals surface area contributed by atoms with Crippen LogP contribution in [-0.4, -0.2) is 46.6 Å². The van der Waals surface area contributed by atoms with Crippen LogP contribution in [0.5, 0.6) is 0 Å². The number of thiazole rings is 1. The van der Waals surface area contributed by atoms with Gasteiger partial charge in [-0.3, -0.25) is 19.8 Å². The zero-order valence-corrected chi connectivity index (χ0v) is 19.0. The molecule has 0 saturated carbocycles. The average Bonchev–Trinajstić information content (AvgIpc) is 3.12. The second kappa shape index (κ2) is 9.47. The largest absolute Gasteiger partial charge is 0.466 e. The van der Waals surface area contributed by atoms with Crippen LogP contribution < -0.4 is 5.32 Å². The highest BCUT2D eigenvalue weighted by Gasteiger charge is 2.38. The van der Waals surface area contributed by atoms with E-state index in [9.17, 15) is 14.4 Å². The van der Waals surface area contributed by atoms with Crippen LogP contribution in [0.25, 0.3) is 0 Å². The Morgan fingerprint density at radius 1 is 1.26 bits per heavy atom. The molecule has 1 aliphatic rings. The van der Waals surface area contributed by atoms with E-state index < -0.39 is 17.7 Å². The molecule has 1 aromatic heterocycles. The summed E-state index contributed by atoms with van der Waals surface area (Å²) in [4.78, 5) is 43.5. The minimum absolute atomic E-state index is 0.0382. The molecule has 166 valence electrons. The summed E-state index contributed by atoms with van der Waals surface area (Å²) in [6.45, 7) is 7.78. The molecule has 0 saturated heterocycles. The molecule has 0 unspecified atom stereocenters. The van der Waals surface area contributed by atoms with Crippen molar-refractivity contribution < 1.29 is 23.9 Å². The van der Waals surface area contributed by atoms with Gasteiger partial charge in [-0.15, -0.1) is 11.3 Å². The third kappa shape index (κ3) is 5.81. The molecule has 1 aromatic carbocycles. The molecule has 0 aliphatic carbocycles. The van der Waals surface area contributed by atoms with E-state index in [1.165, 1.54) is 16.2 Å². The molecule has 2 heterocycles. The maximum Gasteiger partial charge on any atom is 0.411 e. The molecule has 8 nitrogen and oxygen atoms in total. The number of ether oxygens (including phenoxy) is 2. The van der Waals surface area contributed by atoms with E-state index in [0.29, 0.717) is 30.4 Å². The number of benzene rings is 1. The van der Waals surface area contributed by atoms with Gasteiger partial charge in [0.15, 0.2) is 5.13 Å². The lowest BCUT2D eigenvalue weighted by molar-refractivity contribution is -0.142. The van der Waals surface area contributed by atoms with Crippen molar-refractivity contribution in [3.05, 3.63) is 46.5 Å². The number of fused-ring (bicyclic) bond motifs is 1. The normalized spacial score (nSPS) is 15.7. The Labute approximate surface area is 185 Å². The number of aromatic nitrogens is 1. The van der Waals surface area contributed by atoms with Gasteiger partial charge in [0.05, 0.1) is 18.7 Å². The fourth-order valence-electron chi connectivity index (χ4n) is 3.35. The van der Waals surface area contributed by atoms with E-state index >= 15 is 0 Å². The minimum Gasteiger partial charge on any atom is -0.466 e. The van der Waals surface area contributed by atoms with Crippen LogP contribution >= 0.6 is 11.3 Å². The Morgan fingerprint density at radius 2 is 2.00 bits per heavy atom. The fourth-order valence-corrected chi connectivity index (χ4v) is 4.06. The second-order valence-electron chi connectivity index (χ2n) is 8.14. The van der Waals surface area contributed by atoms with Crippen molar-refractivity contribution in [3.8, 4) is 0 Å². The Kier molecular flexibility index (Phi) is 6.94. The molecule has 1 atom stereocenters. The summed E-state index contributed by atoms with van der Waals surface area (Å²) < 4.78 is 10.5. The van der Waals surface area contributed by atoms with Crippen LogP contribution in [0.1, 0.15) is 50.6 Å². The topological polar surface area (TPSA) is 97.8 Å². The monoisotopic (exact) mass is 445 g/mol. The maximum absolute atomic E-state index is 13.3. The SMILES string of the molecule is CCOC(=O)Cc1csc(NC(=O)[C@H]2c3ccccc3CCN2C(=O)OC(C)(C)C)n1. The number of nitrogens with zero attached hydrogens (tertiary/aromatic N) is 2. The summed E-state index contributed by atoms with van der Waals surface area (Å²) in [5.41, 5.74) is 1.63. The first-order chi connectivity index (χ1) is 14.7. The molecule has 0 radical (unpaired) electrons. The molecular weight excluding hydrogens is 418 g/mol. The number of carbonyl (C=O) groups is 3. The van der Waals surface area contributed by atoms with Crippen LogP contribution in [-0.2, 0) is 31.9 Å². The number of anilines is 1. The molecule has 3 rings (SSSR count). The van der Waals surface area contributed by atoms with Crippen molar-refractivity contribution in [2.75, 3.05) is 18.5 Å². The highest BCUT2D eigenvalue weighted by Crippen LogP contribution is 2.32. The second-order valence-corrected chi connectivity index (χ2v) is 9.00. The molecule has 31 heavy (non-hydrogen) atoms. The van der Waals surface area contributed by atoms with Crippen LogP contribution in [0, 0.1) is 0 Å². The third-order valence-corrected chi connectivity index (χ3v) is 5.38. The first-order valence-electron chi connectivity index (χ1n) is 10.2. The molecule has 0 spiro atoms. The van der Waals surface area contributed by atoms with Crippen LogP contribution in [0.2, 0.25) is 0 Å². The van der Waals surface area contributed by atoms with Crippen LogP contribution in [0.15, 0.2) is 29.6 Å². The molecule has 1 N–H and O–H groups in total. The molecule has 2 amide bonds. The van der Waals surface area contributed by atoms with Crippen molar-refractivity contribution in [2.24, 2.45) is 0 Å². The summed E-state index contributed by atoms with van der Waals surface area (Å²) in [6.07, 6.45) is 0.140. The first kappa shape index (κ1) is 22.7. The number of hydrogen-bond donors (Lipinski definition) is 1. The molecule has 9 heteroatoms. The zero-order valence-electron chi connectivity index (χ0n) is 18.1. The average molecular weight is 446 g/mol. The summed E-state index contributed by atoms with van der Waals surface area (Å²) in [5.74, 6) is -0.752. The Hall–Kier alpha value is -2.94. The van der Waals surface area contributed by atoms with E-state index in [1.54, 1.807) is 33.1 Å². The maximum atomic E-state index is 13.3. The highest BCUT2D eigenvalue weighted by atomic mass is 32.1. The molecule has 0 fully saturated rings. The number of esters is 1. The van der Waals surface area contributed by atoms with Gasteiger partial charge in [-0.05, 0) is 45.2 Å². The van der Waals surface area contributed by atoms with E-state index in [0.717, 1.165) is 11.1 Å². The van der Waals surface area contributed by atoms with Gasteiger partial charge in [-0.25, -0.2) is 9.78 Å². The van der Waals surface area contributed by atoms with Crippen LogP contribution in [0.3, 0.4) is 0 Å². The molecular formula is C22H27N3O5S. The van der Waals surface area contributed by atoms with Gasteiger partial charge in [-0.2, -0.15) is 0 Å². The summed E-state index contributed by atoms with van der Waals surface area (Å²) in [6, 6.07) is 6.74. The molecule has 2 aromatic rings. The Balaban J connectivity index is 1.81. The van der Waals surface area contributed by atoms with Crippen molar-refractivity contribution in [1.29, 1.82) is 0 Å². The van der Waals surface area contributed by atoms with Crippen LogP contribution in [0.4, 0.5) is 9.93 Å². The smallest absolute Gasteiger partial charge is 0.411 e. The minimum atomic E-state index is -0.836. The predicted octanol–water partition coefficient (Wildman–Crippen LogP) is 3.72. The van der Waals surface area contributed by atoms with Gasteiger partial charge in [0.25, 0.3) is 5.91 Å². The lowest BCUT2D eigenvalue weighted by atomic mass is 9.92. The van der Waals surface area contributed by atoms with Gasteiger partial charge < -0.3 is 9.47 Å². The van der Waals surface area contributed by atoms with Gasteiger partial charge >= 0.3 is 12.1 Å². The van der Waals surface area contributed by atoms with Gasteiger partial charge in [0.2, 0.25) is 0 Å². The van der Waals surface area contributed by atoms with E-state index in [1.807, 2.05) is 24.3 Å². The van der Waals surface area contributed by atoms with Crippen molar-refractivity contribution >= 4 is 34.4 Å². The van der Waals surface area contributed by atoms with Gasteiger partial charge in [0, 0.05) is 11.9 Å². The highest BCUT2D eigenvalue weighted by molar-refractivity contribution is 7.13. The number of amides is 2. The number of hydrogen-bond acceptors (Lipinski definition) is 7. The summed E-state index contributed by atoms with van der Waals surface area (Å²) in [7, 11) is 0. The van der Waals surface area contributed by atoms with Gasteiger partial charge in [-0.1, -0.05) is 24.3 Å². The van der Waals surface area contributed by atoms with E-state index in [-0.39, 0.29) is 18.3 Å². The zero-order chi connectivity index (χ0) is 22.6. The van der Waals surface area contributed by atoms with Crippen molar-refractivity contribution in [2.45, 2.75) is 52.2 Å². The number of nitrogens with one attached hydrogen (secondary N) is 1. The van der Waals surface area contributed by atoms with E-state index in [4.69, 9.17) is 9.47 Å². The van der Waals surface area contributed by atoms with Gasteiger partial charge in [0.1, 0.15) is 11.6 Å². The van der Waals surface area contributed by atoms with Crippen molar-refractivity contribution in [3.63, 3.8) is 0 Å². The standard InChI is InChI=1S/C22H27N3O5S/c1-5-29-17(26)12-15-13-31-20(23-15)24-19(27)18-16-9-7-6-8-14(16)10-11-25(18)21(28)30-22(2,3)4/h6-9,13,18H,5,10-12H2,1-4H3,(H,23,24,27)/t18-/m1/s1. The number of rotatable bonds is 5.